The Morgan fingerprint density at radius 1 is 0.600 bits per heavy atom. The van der Waals surface area contributed by atoms with Crippen molar-refractivity contribution in [3.8, 4) is 23.0 Å². The van der Waals surface area contributed by atoms with Crippen molar-refractivity contribution in [1.82, 2.24) is 5.32 Å². The smallest absolute Gasteiger partial charge is 0.478 e. The van der Waals surface area contributed by atoms with Gasteiger partial charge in [-0.2, -0.15) is 0 Å². The summed E-state index contributed by atoms with van der Waals surface area (Å²) in [6, 6.07) is 43.7. The number of carboxylic acids is 1. The van der Waals surface area contributed by atoms with Gasteiger partial charge in [0.05, 0.1) is 18.8 Å². The van der Waals surface area contributed by atoms with E-state index in [0.29, 0.717) is 54.9 Å². The monoisotopic (exact) mass is 736 g/mol. The summed E-state index contributed by atoms with van der Waals surface area (Å²) in [7, 11) is -1.73. The summed E-state index contributed by atoms with van der Waals surface area (Å²) < 4.78 is 21.8. The molecule has 0 unspecified atom stereocenters. The number of aromatic carboxylic acids is 1. The zero-order valence-corrected chi connectivity index (χ0v) is 29.7. The molecule has 13 heteroatoms. The first kappa shape index (κ1) is 38.5. The molecule has 6 aromatic carbocycles. The minimum Gasteiger partial charge on any atom is -0.478 e. The van der Waals surface area contributed by atoms with E-state index in [9.17, 15) is 19.6 Å². The highest BCUT2D eigenvalue weighted by Crippen LogP contribution is 2.25. The van der Waals surface area contributed by atoms with Crippen LogP contribution >= 0.6 is 0 Å². The van der Waals surface area contributed by atoms with Gasteiger partial charge >= 0.3 is 20.2 Å². The van der Waals surface area contributed by atoms with Crippen LogP contribution in [0, 0.1) is 0 Å². The molecule has 55 heavy (non-hydrogen) atoms. The van der Waals surface area contributed by atoms with Gasteiger partial charge in [0.15, 0.2) is 0 Å². The Morgan fingerprint density at radius 2 is 1.04 bits per heavy atom. The standard InChI is InChI=1S/C21H18BNO4.C14H11BO5.C7H9N/c24-21(23-13-15-4-2-1-3-5-15)16-6-8-18(9-7-16)27-19-10-11-20-17(12-19)14-26-22(20)25;16-14(17)9-1-3-11(4-2-9)20-12-5-6-13-10(7-12)8-19-15(13)18;8-6-7-4-2-1-3-5-7/h1-12,25H,13-14H2,(H,23,24);1-7,18H,8H2,(H,16,17);1-5H,6,8H2. The van der Waals surface area contributed by atoms with Gasteiger partial charge in [-0.3, -0.25) is 4.79 Å². The van der Waals surface area contributed by atoms with Crippen LogP contribution in [-0.4, -0.2) is 41.3 Å². The molecule has 0 saturated heterocycles. The lowest BCUT2D eigenvalue weighted by Crippen LogP contribution is -2.27. The molecule has 2 heterocycles. The van der Waals surface area contributed by atoms with Crippen LogP contribution in [0.25, 0.3) is 0 Å². The summed E-state index contributed by atoms with van der Waals surface area (Å²) in [6.07, 6.45) is 0. The van der Waals surface area contributed by atoms with Gasteiger partial charge < -0.3 is 45.0 Å². The molecule has 11 nitrogen and oxygen atoms in total. The Hall–Kier alpha value is -6.21. The van der Waals surface area contributed by atoms with Crippen molar-refractivity contribution in [1.29, 1.82) is 0 Å². The SMILES string of the molecule is NCc1ccccc1.O=C(NCc1ccccc1)c1ccc(Oc2ccc3c(c2)COB3O)cc1.O=C(O)c1ccc(Oc2ccc3c(c2)COB3O)cc1. The Labute approximate surface area is 319 Å². The van der Waals surface area contributed by atoms with Gasteiger partial charge in [0, 0.05) is 18.7 Å². The zero-order chi connectivity index (χ0) is 38.6. The largest absolute Gasteiger partial charge is 0.491 e. The third-order valence-electron chi connectivity index (χ3n) is 8.62. The van der Waals surface area contributed by atoms with E-state index in [1.165, 1.54) is 17.7 Å². The van der Waals surface area contributed by atoms with Gasteiger partial charge in [0.1, 0.15) is 23.0 Å². The molecule has 6 N–H and O–H groups in total. The predicted octanol–water partition coefficient (Wildman–Crippen LogP) is 5.17. The molecular weight excluding hydrogens is 698 g/mol. The number of carbonyl (C=O) groups is 2. The molecule has 276 valence electrons. The molecule has 0 radical (unpaired) electrons. The summed E-state index contributed by atoms with van der Waals surface area (Å²) >= 11 is 0. The topological polar surface area (TPSA) is 170 Å². The van der Waals surface area contributed by atoms with Crippen molar-refractivity contribution >= 4 is 37.0 Å². The number of carboxylic acid groups (broad SMARTS) is 1. The summed E-state index contributed by atoms with van der Waals surface area (Å²) in [4.78, 5) is 23.0. The third-order valence-corrected chi connectivity index (χ3v) is 8.62. The quantitative estimate of drug-likeness (QED) is 0.125. The molecule has 0 saturated carbocycles. The van der Waals surface area contributed by atoms with Crippen LogP contribution in [-0.2, 0) is 35.6 Å². The Morgan fingerprint density at radius 3 is 1.47 bits per heavy atom. The van der Waals surface area contributed by atoms with E-state index in [4.69, 9.17) is 29.6 Å². The first-order valence-electron chi connectivity index (χ1n) is 17.5. The lowest BCUT2D eigenvalue weighted by Gasteiger charge is -2.09. The van der Waals surface area contributed by atoms with Crippen LogP contribution in [0.5, 0.6) is 23.0 Å². The number of ether oxygens (including phenoxy) is 2. The average Bonchev–Trinajstić information content (AvgIpc) is 3.79. The number of fused-ring (bicyclic) bond motifs is 2. The maximum absolute atomic E-state index is 12.3. The Kier molecular flexibility index (Phi) is 13.1. The first-order valence-corrected chi connectivity index (χ1v) is 17.5. The number of hydrogen-bond acceptors (Lipinski definition) is 9. The summed E-state index contributed by atoms with van der Waals surface area (Å²) in [5.74, 6) is 1.36. The van der Waals surface area contributed by atoms with E-state index in [0.717, 1.165) is 27.6 Å². The molecule has 0 bridgehead atoms. The number of amides is 1. The van der Waals surface area contributed by atoms with Gasteiger partial charge in [-0.15, -0.1) is 0 Å². The van der Waals surface area contributed by atoms with Gasteiger partial charge in [-0.25, -0.2) is 4.79 Å². The molecule has 0 fully saturated rings. The van der Waals surface area contributed by atoms with Crippen molar-refractivity contribution in [2.45, 2.75) is 26.3 Å². The highest BCUT2D eigenvalue weighted by Gasteiger charge is 2.28. The summed E-state index contributed by atoms with van der Waals surface area (Å²) in [5.41, 5.74) is 11.7. The number of nitrogens with one attached hydrogen (secondary N) is 1. The van der Waals surface area contributed by atoms with Crippen LogP contribution in [0.3, 0.4) is 0 Å². The third kappa shape index (κ3) is 10.7. The molecule has 1 amide bonds. The summed E-state index contributed by atoms with van der Waals surface area (Å²) in [6.45, 7) is 1.85. The van der Waals surface area contributed by atoms with Crippen LogP contribution in [0.2, 0.25) is 0 Å². The van der Waals surface area contributed by atoms with E-state index in [1.807, 2.05) is 66.7 Å². The van der Waals surface area contributed by atoms with E-state index in [2.05, 4.69) is 5.32 Å². The number of rotatable bonds is 9. The molecule has 6 aromatic rings. The second-order valence-corrected chi connectivity index (χ2v) is 12.5. The van der Waals surface area contributed by atoms with Crippen molar-refractivity contribution < 1.29 is 43.5 Å². The number of benzene rings is 6. The molecule has 0 atom stereocenters. The zero-order valence-electron chi connectivity index (χ0n) is 29.7. The van der Waals surface area contributed by atoms with E-state index in [-0.39, 0.29) is 11.5 Å². The van der Waals surface area contributed by atoms with Crippen molar-refractivity contribution in [2.24, 2.45) is 5.73 Å². The number of carbonyl (C=O) groups excluding carboxylic acids is 1. The van der Waals surface area contributed by atoms with Crippen molar-refractivity contribution in [3.05, 3.63) is 179 Å². The molecule has 8 rings (SSSR count). The first-order chi connectivity index (χ1) is 26.7. The lowest BCUT2D eigenvalue weighted by atomic mass is 9.80. The van der Waals surface area contributed by atoms with Crippen LogP contribution in [0.4, 0.5) is 0 Å². The second kappa shape index (κ2) is 18.7. The van der Waals surface area contributed by atoms with E-state index in [1.54, 1.807) is 66.7 Å². The fourth-order valence-corrected chi connectivity index (χ4v) is 5.65. The molecule has 2 aliphatic rings. The highest BCUT2D eigenvalue weighted by atomic mass is 16.5. The van der Waals surface area contributed by atoms with E-state index >= 15 is 0 Å². The molecule has 0 aliphatic carbocycles. The number of hydrogen-bond donors (Lipinski definition) is 5. The van der Waals surface area contributed by atoms with Crippen molar-refractivity contribution in [3.63, 3.8) is 0 Å². The minimum atomic E-state index is -0.972. The van der Waals surface area contributed by atoms with Crippen LogP contribution in [0.1, 0.15) is 43.0 Å². The molecule has 0 spiro atoms. The van der Waals surface area contributed by atoms with Crippen LogP contribution in [0.15, 0.2) is 146 Å². The predicted molar refractivity (Wildman–Crippen MR) is 210 cm³/mol. The Balaban J connectivity index is 0.000000160. The fourth-order valence-electron chi connectivity index (χ4n) is 5.65. The Bertz CT molecular complexity index is 2190. The highest BCUT2D eigenvalue weighted by molar-refractivity contribution is 6.62. The number of nitrogens with two attached hydrogens (primary N) is 1. The normalized spacial score (nSPS) is 12.3. The molecule has 2 aliphatic heterocycles. The van der Waals surface area contributed by atoms with E-state index < -0.39 is 20.2 Å². The second-order valence-electron chi connectivity index (χ2n) is 12.5. The summed E-state index contributed by atoms with van der Waals surface area (Å²) in [5, 5.41) is 30.9. The van der Waals surface area contributed by atoms with Gasteiger partial charge in [0.2, 0.25) is 0 Å². The molecular formula is C42H38B2N2O9. The van der Waals surface area contributed by atoms with Gasteiger partial charge in [0.25, 0.3) is 5.91 Å². The van der Waals surface area contributed by atoms with Crippen LogP contribution < -0.4 is 31.4 Å². The van der Waals surface area contributed by atoms with Crippen molar-refractivity contribution in [2.75, 3.05) is 0 Å². The van der Waals surface area contributed by atoms with Gasteiger partial charge in [-0.1, -0.05) is 72.8 Å². The minimum absolute atomic E-state index is 0.130. The maximum Gasteiger partial charge on any atom is 0.491 e. The average molecular weight is 736 g/mol. The maximum atomic E-state index is 12.3. The fraction of sp³-hybridized carbons (Fsp3) is 0.0952. The van der Waals surface area contributed by atoms with Gasteiger partial charge in [-0.05, 0) is 106 Å². The molecule has 0 aromatic heterocycles. The lowest BCUT2D eigenvalue weighted by molar-refractivity contribution is 0.0696.